The lowest BCUT2D eigenvalue weighted by Gasteiger charge is -2.15. The summed E-state index contributed by atoms with van der Waals surface area (Å²) in [5.74, 6) is -1.000. The number of carbonyl (C=O) groups is 2. The van der Waals surface area contributed by atoms with Crippen LogP contribution in [0.15, 0.2) is 58.0 Å². The van der Waals surface area contributed by atoms with Gasteiger partial charge >= 0.3 is 5.97 Å². The van der Waals surface area contributed by atoms with E-state index in [0.717, 1.165) is 5.56 Å². The van der Waals surface area contributed by atoms with Crippen molar-refractivity contribution in [3.63, 3.8) is 0 Å². The first-order valence-electron chi connectivity index (χ1n) is 9.10. The van der Waals surface area contributed by atoms with Gasteiger partial charge in [0.2, 0.25) is 5.91 Å². The quantitative estimate of drug-likeness (QED) is 0.533. The zero-order valence-corrected chi connectivity index (χ0v) is 19.1. The molecule has 1 amide bonds. The van der Waals surface area contributed by atoms with Crippen LogP contribution in [0.4, 0.5) is 0 Å². The van der Waals surface area contributed by atoms with Gasteiger partial charge in [0.1, 0.15) is 6.04 Å². The van der Waals surface area contributed by atoms with Gasteiger partial charge < -0.3 is 10.1 Å². The molecule has 0 radical (unpaired) electrons. The number of halogens is 1. The predicted molar refractivity (Wildman–Crippen MR) is 117 cm³/mol. The standard InChI is InChI=1S/C21H21BrN2O5S/c1-13-7-9-16(10-8-13)30(27,28)24-12-15(20-17(22)5-4-6-19(20)24)11-18(21(26)29-3)23-14(2)25/h4-10,12,18H,11H2,1-3H3,(H,23,25)/t18-/m1/s1. The molecule has 2 aromatic carbocycles. The summed E-state index contributed by atoms with van der Waals surface area (Å²) < 4.78 is 33.3. The van der Waals surface area contributed by atoms with Crippen molar-refractivity contribution in [2.24, 2.45) is 0 Å². The number of nitrogens with one attached hydrogen (secondary N) is 1. The molecule has 0 fully saturated rings. The number of amides is 1. The number of ether oxygens (including phenoxy) is 1. The van der Waals surface area contributed by atoms with Crippen LogP contribution < -0.4 is 5.32 Å². The molecule has 1 N–H and O–H groups in total. The van der Waals surface area contributed by atoms with Crippen molar-refractivity contribution in [1.82, 2.24) is 9.29 Å². The van der Waals surface area contributed by atoms with E-state index >= 15 is 0 Å². The molecule has 30 heavy (non-hydrogen) atoms. The molecule has 0 spiro atoms. The molecule has 0 saturated heterocycles. The van der Waals surface area contributed by atoms with E-state index in [1.165, 1.54) is 24.2 Å². The number of methoxy groups -OCH3 is 1. The number of nitrogens with zero attached hydrogens (tertiary/aromatic N) is 1. The zero-order chi connectivity index (χ0) is 22.1. The third-order valence-corrected chi connectivity index (χ3v) is 7.04. The first kappa shape index (κ1) is 22.0. The lowest BCUT2D eigenvalue weighted by atomic mass is 10.0. The Balaban J connectivity index is 2.17. The molecule has 158 valence electrons. The second-order valence-electron chi connectivity index (χ2n) is 6.88. The van der Waals surface area contributed by atoms with E-state index in [-0.39, 0.29) is 17.2 Å². The molecule has 1 atom stereocenters. The first-order valence-corrected chi connectivity index (χ1v) is 11.3. The highest BCUT2D eigenvalue weighted by atomic mass is 79.9. The van der Waals surface area contributed by atoms with E-state index < -0.39 is 22.0 Å². The smallest absolute Gasteiger partial charge is 0.328 e. The Bertz CT molecular complexity index is 1220. The van der Waals surface area contributed by atoms with Crippen molar-refractivity contribution < 1.29 is 22.7 Å². The van der Waals surface area contributed by atoms with Gasteiger partial charge in [0, 0.05) is 29.4 Å². The molecular formula is C21H21BrN2O5S. The second kappa shape index (κ2) is 8.61. The molecule has 0 aliphatic heterocycles. The van der Waals surface area contributed by atoms with Crippen LogP contribution in [0.5, 0.6) is 0 Å². The number of rotatable bonds is 6. The molecule has 0 saturated carbocycles. The van der Waals surface area contributed by atoms with Gasteiger partial charge in [-0.25, -0.2) is 17.2 Å². The minimum Gasteiger partial charge on any atom is -0.467 e. The third-order valence-electron chi connectivity index (χ3n) is 4.69. The Morgan fingerprint density at radius 2 is 1.83 bits per heavy atom. The monoisotopic (exact) mass is 492 g/mol. The third kappa shape index (κ3) is 4.27. The minimum absolute atomic E-state index is 0.0712. The van der Waals surface area contributed by atoms with Crippen LogP contribution in [0.25, 0.3) is 10.9 Å². The molecule has 0 unspecified atom stereocenters. The summed E-state index contributed by atoms with van der Waals surface area (Å²) in [5.41, 5.74) is 2.00. The van der Waals surface area contributed by atoms with Crippen molar-refractivity contribution in [3.8, 4) is 0 Å². The van der Waals surface area contributed by atoms with Crippen LogP contribution in [0.2, 0.25) is 0 Å². The van der Waals surface area contributed by atoms with Crippen LogP contribution >= 0.6 is 15.9 Å². The number of carbonyl (C=O) groups excluding carboxylic acids is 2. The maximum absolute atomic E-state index is 13.3. The van der Waals surface area contributed by atoms with Gasteiger partial charge in [-0.15, -0.1) is 0 Å². The first-order chi connectivity index (χ1) is 14.1. The SMILES string of the molecule is COC(=O)[C@@H](Cc1cn(S(=O)(=O)c2ccc(C)cc2)c2cccc(Br)c12)NC(C)=O. The van der Waals surface area contributed by atoms with Gasteiger partial charge in [-0.05, 0) is 36.8 Å². The van der Waals surface area contributed by atoms with Crippen molar-refractivity contribution in [2.75, 3.05) is 7.11 Å². The average molecular weight is 493 g/mol. The maximum atomic E-state index is 13.3. The predicted octanol–water partition coefficient (Wildman–Crippen LogP) is 3.17. The van der Waals surface area contributed by atoms with Crippen molar-refractivity contribution in [1.29, 1.82) is 0 Å². The molecule has 0 aliphatic carbocycles. The molecule has 3 rings (SSSR count). The van der Waals surface area contributed by atoms with Gasteiger partial charge in [0.25, 0.3) is 10.0 Å². The summed E-state index contributed by atoms with van der Waals surface area (Å²) in [6.45, 7) is 3.18. The summed E-state index contributed by atoms with van der Waals surface area (Å²) in [6.07, 6.45) is 1.56. The summed E-state index contributed by atoms with van der Waals surface area (Å²) in [7, 11) is -2.64. The molecule has 1 heterocycles. The molecule has 0 aliphatic rings. The number of aryl methyl sites for hydroxylation is 1. The number of hydrogen-bond donors (Lipinski definition) is 1. The van der Waals surface area contributed by atoms with Gasteiger partial charge in [-0.3, -0.25) is 4.79 Å². The number of hydrogen-bond acceptors (Lipinski definition) is 5. The highest BCUT2D eigenvalue weighted by molar-refractivity contribution is 9.10. The molecule has 0 bridgehead atoms. The van der Waals surface area contributed by atoms with Crippen LogP contribution in [0, 0.1) is 6.92 Å². The lowest BCUT2D eigenvalue weighted by molar-refractivity contribution is -0.144. The Kier molecular flexibility index (Phi) is 6.33. The van der Waals surface area contributed by atoms with E-state index in [2.05, 4.69) is 21.2 Å². The Morgan fingerprint density at radius 1 is 1.17 bits per heavy atom. The molecule has 1 aromatic heterocycles. The van der Waals surface area contributed by atoms with Crippen LogP contribution in [-0.2, 0) is 30.8 Å². The number of aromatic nitrogens is 1. The van der Waals surface area contributed by atoms with E-state index in [4.69, 9.17) is 4.74 Å². The zero-order valence-electron chi connectivity index (χ0n) is 16.7. The van der Waals surface area contributed by atoms with Gasteiger partial charge in [-0.2, -0.15) is 0 Å². The summed E-state index contributed by atoms with van der Waals surface area (Å²) in [4.78, 5) is 23.9. The summed E-state index contributed by atoms with van der Waals surface area (Å²) >= 11 is 3.48. The van der Waals surface area contributed by atoms with E-state index in [9.17, 15) is 18.0 Å². The fourth-order valence-electron chi connectivity index (χ4n) is 3.27. The highest BCUT2D eigenvalue weighted by Crippen LogP contribution is 2.32. The Labute approximate surface area is 183 Å². The van der Waals surface area contributed by atoms with Gasteiger partial charge in [0.05, 0.1) is 17.5 Å². The maximum Gasteiger partial charge on any atom is 0.328 e. The van der Waals surface area contributed by atoms with Crippen LogP contribution in [-0.4, -0.2) is 37.4 Å². The number of esters is 1. The van der Waals surface area contributed by atoms with E-state index in [1.54, 1.807) is 42.5 Å². The minimum atomic E-state index is -3.87. The second-order valence-corrected chi connectivity index (χ2v) is 9.55. The summed E-state index contributed by atoms with van der Waals surface area (Å²) in [5, 5.41) is 3.21. The normalized spacial score (nSPS) is 12.5. The molecule has 9 heteroatoms. The van der Waals surface area contributed by atoms with Crippen molar-refractivity contribution >= 4 is 48.7 Å². The number of fused-ring (bicyclic) bond motifs is 1. The van der Waals surface area contributed by atoms with Crippen molar-refractivity contribution in [2.45, 2.75) is 31.2 Å². The van der Waals surface area contributed by atoms with E-state index in [1.807, 2.05) is 6.92 Å². The molecule has 3 aromatic rings. The highest BCUT2D eigenvalue weighted by Gasteiger charge is 2.26. The van der Waals surface area contributed by atoms with Crippen LogP contribution in [0.3, 0.4) is 0 Å². The Hall–Kier alpha value is -2.65. The van der Waals surface area contributed by atoms with Gasteiger partial charge in [0.15, 0.2) is 0 Å². The number of benzene rings is 2. The van der Waals surface area contributed by atoms with Crippen LogP contribution in [0.1, 0.15) is 18.1 Å². The Morgan fingerprint density at radius 3 is 2.43 bits per heavy atom. The largest absolute Gasteiger partial charge is 0.467 e. The van der Waals surface area contributed by atoms with E-state index in [0.29, 0.717) is 20.9 Å². The fourth-order valence-corrected chi connectivity index (χ4v) is 5.26. The molecule has 7 nitrogen and oxygen atoms in total. The summed E-state index contributed by atoms with van der Waals surface area (Å²) in [6, 6.07) is 10.9. The topological polar surface area (TPSA) is 94.5 Å². The fraction of sp³-hybridized carbons (Fsp3) is 0.238. The average Bonchev–Trinajstić information content (AvgIpc) is 3.07. The van der Waals surface area contributed by atoms with Gasteiger partial charge in [-0.1, -0.05) is 39.7 Å². The lowest BCUT2D eigenvalue weighted by Crippen LogP contribution is -2.41. The molecular weight excluding hydrogens is 472 g/mol. The van der Waals surface area contributed by atoms with Crippen molar-refractivity contribution in [3.05, 3.63) is 64.3 Å².